The molecule has 0 fully saturated rings. The van der Waals surface area contributed by atoms with Gasteiger partial charge in [0.1, 0.15) is 0 Å². The van der Waals surface area contributed by atoms with Gasteiger partial charge in [-0.15, -0.1) is 24.8 Å². The van der Waals surface area contributed by atoms with Crippen molar-refractivity contribution in [2.45, 2.75) is 131 Å². The van der Waals surface area contributed by atoms with Crippen LogP contribution in [0.3, 0.4) is 0 Å². The Morgan fingerprint density at radius 3 is 1.82 bits per heavy atom. The van der Waals surface area contributed by atoms with Gasteiger partial charge in [0.2, 0.25) is 0 Å². The normalized spacial score (nSPS) is 15.3. The third-order valence-corrected chi connectivity index (χ3v) is 10.3. The summed E-state index contributed by atoms with van der Waals surface area (Å²) < 4.78 is 14.2. The molecule has 0 aliphatic heterocycles. The van der Waals surface area contributed by atoms with Gasteiger partial charge in [0.05, 0.1) is 0 Å². The van der Waals surface area contributed by atoms with Crippen molar-refractivity contribution in [3.05, 3.63) is 44.4 Å². The van der Waals surface area contributed by atoms with E-state index in [1.54, 1.807) is 27.7 Å². The fourth-order valence-electron chi connectivity index (χ4n) is 5.42. The molecule has 0 bridgehead atoms. The van der Waals surface area contributed by atoms with Gasteiger partial charge in [0.15, 0.2) is 0 Å². The Balaban J connectivity index is 0.00000684. The maximum absolute atomic E-state index is 6.89. The fraction of sp³-hybridized carbons (Fsp3) is 0.667. The summed E-state index contributed by atoms with van der Waals surface area (Å²) in [5, 5.41) is 0. The molecule has 0 radical (unpaired) electrons. The van der Waals surface area contributed by atoms with Crippen molar-refractivity contribution in [2.75, 3.05) is 7.11 Å². The molecule has 0 amide bonds. The van der Waals surface area contributed by atoms with E-state index in [9.17, 15) is 0 Å². The van der Waals surface area contributed by atoms with Gasteiger partial charge in [-0.25, -0.2) is 0 Å². The average Bonchev–Trinajstić information content (AvgIpc) is 3.14. The molecule has 0 spiro atoms. The van der Waals surface area contributed by atoms with Crippen molar-refractivity contribution >= 4 is 29.6 Å². The molecular weight excluding hydrogens is 547 g/mol. The number of ether oxygens (including phenoxy) is 1. The minimum atomic E-state index is -2.24. The Bertz CT molecular complexity index is 927. The van der Waals surface area contributed by atoms with Gasteiger partial charge in [-0.05, 0) is 0 Å². The van der Waals surface area contributed by atoms with Gasteiger partial charge in [-0.2, -0.15) is 0 Å². The van der Waals surface area contributed by atoms with Crippen LogP contribution < -0.4 is 8.06 Å². The molecule has 1 aromatic carbocycles. The summed E-state index contributed by atoms with van der Waals surface area (Å²) in [5.41, 5.74) is 6.44. The molecule has 1 aromatic rings. The molecule has 5 heteroatoms. The standard InChI is InChI=1S/C21H37.C11H16O2.CH2.2ClH.Ti/c1-5-9-13-18-17-19(14-10-6-2)21(16-12-8-4)20(18)15-11-7-3;1-11(2,3)8-5-9(12)7-10(6-8)13-4;;;;/h18H,5-16H2,1-4H3;5-7,12H,1-4H3;1H2;2*1H;/q;;;;;+1/p-1. The van der Waals surface area contributed by atoms with Crippen LogP contribution in [0.2, 0.25) is 0 Å². The average molecular weight is 604 g/mol. The second kappa shape index (κ2) is 18.7. The molecule has 1 aliphatic rings. The van der Waals surface area contributed by atoms with Crippen molar-refractivity contribution in [2.24, 2.45) is 5.92 Å². The zero-order valence-corrected chi connectivity index (χ0v) is 28.8. The van der Waals surface area contributed by atoms with Crippen molar-refractivity contribution in [1.29, 1.82) is 0 Å². The summed E-state index contributed by atoms with van der Waals surface area (Å²) in [7, 11) is 1.75. The zero-order chi connectivity index (χ0) is 26.7. The number of rotatable bonds is 16. The van der Waals surface area contributed by atoms with Gasteiger partial charge in [-0.1, -0.05) is 0 Å². The van der Waals surface area contributed by atoms with E-state index in [1.807, 2.05) is 0 Å². The Labute approximate surface area is 254 Å². The second-order valence-corrected chi connectivity index (χ2v) is 14.1. The molecule has 0 aromatic heterocycles. The maximum atomic E-state index is 6.89. The number of hydrogen-bond donors (Lipinski definition) is 0. The molecule has 0 N–H and O–H groups in total. The summed E-state index contributed by atoms with van der Waals surface area (Å²) >= 11 is -2.24. The van der Waals surface area contributed by atoms with Gasteiger partial charge in [0.25, 0.3) is 0 Å². The fourth-order valence-corrected chi connectivity index (χ4v) is 8.28. The van der Waals surface area contributed by atoms with Gasteiger partial charge in [0, 0.05) is 0 Å². The molecule has 1 atom stereocenters. The Morgan fingerprint density at radius 2 is 1.29 bits per heavy atom. The van der Waals surface area contributed by atoms with Crippen molar-refractivity contribution < 1.29 is 25.9 Å². The second-order valence-electron chi connectivity index (χ2n) is 11.6. The quantitative estimate of drug-likeness (QED) is 0.175. The molecule has 1 aliphatic carbocycles. The molecule has 1 unspecified atom stereocenters. The van der Waals surface area contributed by atoms with E-state index in [-0.39, 0.29) is 30.2 Å². The Kier molecular flexibility index (Phi) is 18.5. The van der Waals surface area contributed by atoms with Crippen LogP contribution in [-0.4, -0.2) is 11.9 Å². The minimum absolute atomic E-state index is 0. The van der Waals surface area contributed by atoms with Crippen molar-refractivity contribution in [3.8, 4) is 11.5 Å². The molecular formula is C33H56Cl2O2Ti. The van der Waals surface area contributed by atoms with Crippen LogP contribution in [0, 0.1) is 5.92 Å². The van der Waals surface area contributed by atoms with Crippen LogP contribution in [0.5, 0.6) is 11.5 Å². The first-order valence-corrected chi connectivity index (χ1v) is 17.3. The van der Waals surface area contributed by atoms with E-state index in [0.717, 1.165) is 11.5 Å². The zero-order valence-electron chi connectivity index (χ0n) is 25.6. The van der Waals surface area contributed by atoms with E-state index in [2.05, 4.69) is 66.7 Å². The molecule has 2 nitrogen and oxygen atoms in total. The van der Waals surface area contributed by atoms with Crippen LogP contribution >= 0.6 is 24.8 Å². The van der Waals surface area contributed by atoms with Crippen LogP contribution in [0.4, 0.5) is 0 Å². The Hall–Kier alpha value is -0.536. The Morgan fingerprint density at radius 1 is 0.763 bits per heavy atom. The summed E-state index contributed by atoms with van der Waals surface area (Å²) in [6.07, 6.45) is 15.1. The van der Waals surface area contributed by atoms with E-state index in [0.29, 0.717) is 5.92 Å². The predicted molar refractivity (Wildman–Crippen MR) is 170 cm³/mol. The molecule has 38 heavy (non-hydrogen) atoms. The summed E-state index contributed by atoms with van der Waals surface area (Å²) in [4.78, 5) is 4.83. The molecule has 0 saturated heterocycles. The molecule has 0 saturated carbocycles. The number of hydrogen-bond acceptors (Lipinski definition) is 2. The van der Waals surface area contributed by atoms with Crippen LogP contribution in [0.1, 0.15) is 131 Å². The van der Waals surface area contributed by atoms with Gasteiger partial charge >= 0.3 is 230 Å². The number of methoxy groups -OCH3 is 1. The summed E-state index contributed by atoms with van der Waals surface area (Å²) in [6, 6.07) is 6.44. The first kappa shape index (κ1) is 37.5. The summed E-state index contributed by atoms with van der Waals surface area (Å²) in [5.74, 6) is 2.39. The first-order chi connectivity index (χ1) is 17.2. The van der Waals surface area contributed by atoms with E-state index in [4.69, 9.17) is 12.9 Å². The van der Waals surface area contributed by atoms with Gasteiger partial charge in [-0.3, -0.25) is 0 Å². The first-order valence-electron chi connectivity index (χ1n) is 14.7. The molecule has 2 rings (SSSR count). The van der Waals surface area contributed by atoms with Crippen molar-refractivity contribution in [1.82, 2.24) is 0 Å². The number of halogens is 2. The number of allylic oxidation sites excluding steroid dienone is 4. The van der Waals surface area contributed by atoms with E-state index >= 15 is 0 Å². The van der Waals surface area contributed by atoms with E-state index < -0.39 is 17.8 Å². The van der Waals surface area contributed by atoms with Crippen molar-refractivity contribution in [3.63, 3.8) is 0 Å². The molecule has 0 heterocycles. The summed E-state index contributed by atoms with van der Waals surface area (Å²) in [6.45, 7) is 16.0. The monoisotopic (exact) mass is 602 g/mol. The van der Waals surface area contributed by atoms with Crippen LogP contribution in [0.15, 0.2) is 38.8 Å². The van der Waals surface area contributed by atoms with E-state index in [1.165, 1.54) is 82.6 Å². The SMILES string of the molecule is Cl.Cl.[CH2]=[Ti]([O]c1cc(OC)cc(C(C)(C)C)c1)[C]1=C(CCCC)C(CCCC)=C(CCCC)C1CCCC. The van der Waals surface area contributed by atoms with Gasteiger partial charge < -0.3 is 0 Å². The molecule has 218 valence electrons. The number of benzene rings is 1. The third kappa shape index (κ3) is 10.5. The predicted octanol–water partition coefficient (Wildman–Crippen LogP) is 11.1. The van der Waals surface area contributed by atoms with Crippen LogP contribution in [0.25, 0.3) is 0 Å². The van der Waals surface area contributed by atoms with Crippen LogP contribution in [-0.2, 0) is 23.2 Å². The third-order valence-electron chi connectivity index (χ3n) is 7.58. The number of unbranched alkanes of at least 4 members (excludes halogenated alkanes) is 4. The topological polar surface area (TPSA) is 18.5 Å².